The average Bonchev–Trinajstić information content (AvgIpc) is 2.42. The van der Waals surface area contributed by atoms with Gasteiger partial charge in [0.2, 0.25) is 0 Å². The van der Waals surface area contributed by atoms with Gasteiger partial charge in [0, 0.05) is 12.5 Å². The molecule has 0 spiro atoms. The van der Waals surface area contributed by atoms with Crippen LogP contribution in [0.25, 0.3) is 0 Å². The molecule has 2 N–H and O–H groups in total. The van der Waals surface area contributed by atoms with Crippen molar-refractivity contribution in [3.8, 4) is 0 Å². The van der Waals surface area contributed by atoms with Crippen LogP contribution in [0.15, 0.2) is 30.3 Å². The summed E-state index contributed by atoms with van der Waals surface area (Å²) in [5, 5.41) is 5.78. The van der Waals surface area contributed by atoms with Crippen LogP contribution in [0, 0.1) is 0 Å². The third-order valence-electron chi connectivity index (χ3n) is 3.60. The van der Waals surface area contributed by atoms with Crippen LogP contribution >= 0.6 is 11.6 Å². The topological polar surface area (TPSA) is 44.4 Å². The molecule has 1 aliphatic rings. The molecule has 20 heavy (non-hydrogen) atoms. The van der Waals surface area contributed by atoms with E-state index in [9.17, 15) is 4.79 Å². The molecule has 0 aromatic heterocycles. The van der Waals surface area contributed by atoms with Crippen molar-refractivity contribution in [2.75, 3.05) is 20.1 Å². The number of carbonyl (C=O) groups excluding carboxylic acids is 1. The molecule has 4 nitrogen and oxygen atoms in total. The molecule has 0 saturated carbocycles. The minimum Gasteiger partial charge on any atom is -0.335 e. The van der Waals surface area contributed by atoms with Gasteiger partial charge in [-0.05, 0) is 38.5 Å². The Hall–Kier alpha value is -1.26. The molecule has 1 aromatic carbocycles. The van der Waals surface area contributed by atoms with E-state index >= 15 is 0 Å². The Morgan fingerprint density at radius 1 is 1.35 bits per heavy atom. The highest BCUT2D eigenvalue weighted by Crippen LogP contribution is 2.09. The fraction of sp³-hybridized carbons (Fsp3) is 0.533. The number of benzene rings is 1. The lowest BCUT2D eigenvalue weighted by atomic mass is 10.1. The normalized spacial score (nSPS) is 18.5. The fourth-order valence-electron chi connectivity index (χ4n) is 2.39. The van der Waals surface area contributed by atoms with E-state index in [1.165, 1.54) is 0 Å². The summed E-state index contributed by atoms with van der Waals surface area (Å²) in [7, 11) is 2.10. The zero-order valence-electron chi connectivity index (χ0n) is 11.8. The summed E-state index contributed by atoms with van der Waals surface area (Å²) in [5.74, 6) is 0. The number of likely N-dealkylation sites (tertiary alicyclic amines) is 1. The molecule has 1 atom stereocenters. The number of halogens is 1. The molecule has 0 bridgehead atoms. The molecule has 1 heterocycles. The van der Waals surface area contributed by atoms with Crippen molar-refractivity contribution in [1.82, 2.24) is 15.5 Å². The standard InChI is InChI=1S/C15H22ClN3O/c1-19-9-7-13(8-10-19)17-15(20)18-14(16)11-12-5-3-2-4-6-12/h2-6,13-14H,7-11H2,1H3,(H2,17,18,20). The number of hydrogen-bond donors (Lipinski definition) is 2. The quantitative estimate of drug-likeness (QED) is 0.661. The van der Waals surface area contributed by atoms with E-state index in [4.69, 9.17) is 11.6 Å². The lowest BCUT2D eigenvalue weighted by Crippen LogP contribution is -2.48. The summed E-state index contributed by atoms with van der Waals surface area (Å²) in [6.45, 7) is 2.05. The highest BCUT2D eigenvalue weighted by atomic mass is 35.5. The maximum atomic E-state index is 11.9. The van der Waals surface area contributed by atoms with Crippen LogP contribution in [0.2, 0.25) is 0 Å². The Balaban J connectivity index is 1.71. The second-order valence-electron chi connectivity index (χ2n) is 5.35. The van der Waals surface area contributed by atoms with Crippen LogP contribution in [-0.4, -0.2) is 42.6 Å². The minimum atomic E-state index is -0.385. The highest BCUT2D eigenvalue weighted by Gasteiger charge is 2.19. The van der Waals surface area contributed by atoms with E-state index in [-0.39, 0.29) is 17.6 Å². The summed E-state index contributed by atoms with van der Waals surface area (Å²) in [5.41, 5.74) is 0.732. The first-order valence-electron chi connectivity index (χ1n) is 7.07. The first-order valence-corrected chi connectivity index (χ1v) is 7.50. The summed E-state index contributed by atoms with van der Waals surface area (Å²) >= 11 is 6.17. The van der Waals surface area contributed by atoms with Crippen LogP contribution in [0.5, 0.6) is 0 Å². The number of carbonyl (C=O) groups is 1. The second-order valence-corrected chi connectivity index (χ2v) is 5.88. The van der Waals surface area contributed by atoms with Crippen molar-refractivity contribution in [1.29, 1.82) is 0 Å². The summed E-state index contributed by atoms with van der Waals surface area (Å²) < 4.78 is 0. The molecule has 1 aromatic rings. The van der Waals surface area contributed by atoms with Crippen molar-refractivity contribution >= 4 is 17.6 Å². The molecule has 1 aliphatic heterocycles. The molecule has 0 aliphatic carbocycles. The van der Waals surface area contributed by atoms with Crippen LogP contribution in [0.1, 0.15) is 18.4 Å². The third-order valence-corrected chi connectivity index (χ3v) is 3.86. The van der Waals surface area contributed by atoms with Crippen molar-refractivity contribution in [3.05, 3.63) is 35.9 Å². The monoisotopic (exact) mass is 295 g/mol. The number of nitrogens with zero attached hydrogens (tertiary/aromatic N) is 1. The first-order chi connectivity index (χ1) is 9.63. The number of alkyl halides is 1. The predicted octanol–water partition coefficient (Wildman–Crippen LogP) is 2.19. The van der Waals surface area contributed by atoms with E-state index in [1.807, 2.05) is 30.3 Å². The van der Waals surface area contributed by atoms with Crippen LogP contribution in [-0.2, 0) is 6.42 Å². The zero-order valence-corrected chi connectivity index (χ0v) is 12.6. The maximum Gasteiger partial charge on any atom is 0.316 e. The first kappa shape index (κ1) is 15.1. The molecular weight excluding hydrogens is 274 g/mol. The second kappa shape index (κ2) is 7.50. The largest absolute Gasteiger partial charge is 0.335 e. The van der Waals surface area contributed by atoms with E-state index in [0.29, 0.717) is 6.42 Å². The number of amides is 2. The van der Waals surface area contributed by atoms with Gasteiger partial charge in [0.25, 0.3) is 0 Å². The number of urea groups is 1. The minimum absolute atomic E-state index is 0.171. The molecule has 2 rings (SSSR count). The van der Waals surface area contributed by atoms with Crippen LogP contribution in [0.3, 0.4) is 0 Å². The fourth-order valence-corrected chi connectivity index (χ4v) is 2.67. The number of piperidine rings is 1. The van der Waals surface area contributed by atoms with Crippen molar-refractivity contribution in [2.24, 2.45) is 0 Å². The van der Waals surface area contributed by atoms with E-state index in [0.717, 1.165) is 31.5 Å². The number of rotatable bonds is 4. The predicted molar refractivity (Wildman–Crippen MR) is 82.0 cm³/mol. The van der Waals surface area contributed by atoms with Gasteiger partial charge < -0.3 is 15.5 Å². The van der Waals surface area contributed by atoms with E-state index < -0.39 is 0 Å². The number of nitrogens with one attached hydrogen (secondary N) is 2. The SMILES string of the molecule is CN1CCC(NC(=O)NC(Cl)Cc2ccccc2)CC1. The summed E-state index contributed by atoms with van der Waals surface area (Å²) in [6.07, 6.45) is 2.62. The maximum absolute atomic E-state index is 11.9. The van der Waals surface area contributed by atoms with E-state index in [2.05, 4.69) is 22.6 Å². The van der Waals surface area contributed by atoms with E-state index in [1.54, 1.807) is 0 Å². The van der Waals surface area contributed by atoms with Gasteiger partial charge in [-0.15, -0.1) is 0 Å². The smallest absolute Gasteiger partial charge is 0.316 e. The van der Waals surface area contributed by atoms with Gasteiger partial charge in [-0.2, -0.15) is 0 Å². The van der Waals surface area contributed by atoms with Gasteiger partial charge in [-0.3, -0.25) is 0 Å². The summed E-state index contributed by atoms with van der Waals surface area (Å²) in [4.78, 5) is 14.1. The van der Waals surface area contributed by atoms with Gasteiger partial charge >= 0.3 is 6.03 Å². The molecule has 1 saturated heterocycles. The van der Waals surface area contributed by atoms with Crippen LogP contribution in [0.4, 0.5) is 4.79 Å². The Morgan fingerprint density at radius 3 is 2.65 bits per heavy atom. The zero-order chi connectivity index (χ0) is 14.4. The Bertz CT molecular complexity index is 418. The summed E-state index contributed by atoms with van der Waals surface area (Å²) in [6, 6.07) is 10.0. The Labute approximate surface area is 125 Å². The molecular formula is C15H22ClN3O. The van der Waals surface area contributed by atoms with Gasteiger partial charge in [0.15, 0.2) is 0 Å². The van der Waals surface area contributed by atoms with Crippen molar-refractivity contribution in [3.63, 3.8) is 0 Å². The Kier molecular flexibility index (Phi) is 5.68. The van der Waals surface area contributed by atoms with Crippen LogP contribution < -0.4 is 10.6 Å². The molecule has 1 fully saturated rings. The lowest BCUT2D eigenvalue weighted by molar-refractivity contribution is 0.213. The van der Waals surface area contributed by atoms with Crippen molar-refractivity contribution in [2.45, 2.75) is 30.8 Å². The van der Waals surface area contributed by atoms with Gasteiger partial charge in [0.05, 0.1) is 0 Å². The molecule has 110 valence electrons. The van der Waals surface area contributed by atoms with Gasteiger partial charge in [-0.1, -0.05) is 41.9 Å². The lowest BCUT2D eigenvalue weighted by Gasteiger charge is -2.29. The van der Waals surface area contributed by atoms with Gasteiger partial charge in [0.1, 0.15) is 5.50 Å². The highest BCUT2D eigenvalue weighted by molar-refractivity contribution is 6.21. The molecule has 2 amide bonds. The average molecular weight is 296 g/mol. The molecule has 0 radical (unpaired) electrons. The van der Waals surface area contributed by atoms with Gasteiger partial charge in [-0.25, -0.2) is 4.79 Å². The molecule has 1 unspecified atom stereocenters. The Morgan fingerprint density at radius 2 is 2.00 bits per heavy atom. The molecule has 5 heteroatoms. The third kappa shape index (κ3) is 5.02. The van der Waals surface area contributed by atoms with Crippen molar-refractivity contribution < 1.29 is 4.79 Å². The number of hydrogen-bond acceptors (Lipinski definition) is 2.